The van der Waals surface area contributed by atoms with Crippen LogP contribution < -0.4 is 5.73 Å². The summed E-state index contributed by atoms with van der Waals surface area (Å²) in [7, 11) is 0. The zero-order valence-corrected chi connectivity index (χ0v) is 8.72. The van der Waals surface area contributed by atoms with Gasteiger partial charge in [-0.25, -0.2) is 0 Å². The van der Waals surface area contributed by atoms with Crippen LogP contribution in [0.1, 0.15) is 23.6 Å². The van der Waals surface area contributed by atoms with Crippen molar-refractivity contribution < 1.29 is 4.52 Å². The molecule has 0 aliphatic rings. The molecule has 74 valence electrons. The second kappa shape index (κ2) is 3.01. The lowest BCUT2D eigenvalue weighted by Crippen LogP contribution is -1.92. The van der Waals surface area contributed by atoms with Gasteiger partial charge in [0.2, 0.25) is 0 Å². The average Bonchev–Trinajstić information content (AvgIpc) is 2.49. The fourth-order valence-electron chi connectivity index (χ4n) is 2.00. The maximum atomic E-state index is 5.70. The van der Waals surface area contributed by atoms with Crippen molar-refractivity contribution in [2.24, 2.45) is 0 Å². The average molecular weight is 190 g/mol. The molecule has 3 nitrogen and oxygen atoms in total. The van der Waals surface area contributed by atoms with E-state index in [2.05, 4.69) is 25.9 Å². The first-order chi connectivity index (χ1) is 6.65. The predicted molar refractivity (Wildman–Crippen MR) is 57.3 cm³/mol. The maximum absolute atomic E-state index is 5.70. The summed E-state index contributed by atoms with van der Waals surface area (Å²) in [5.41, 5.74) is 10.3. The van der Waals surface area contributed by atoms with Gasteiger partial charge in [0.1, 0.15) is 0 Å². The molecule has 0 spiro atoms. The van der Waals surface area contributed by atoms with E-state index in [0.29, 0.717) is 5.82 Å². The van der Waals surface area contributed by atoms with Crippen LogP contribution in [0.15, 0.2) is 10.6 Å². The number of aromatic nitrogens is 1. The Labute approximate surface area is 82.9 Å². The fraction of sp³-hybridized carbons (Fsp3) is 0.364. The minimum Gasteiger partial charge on any atom is -0.380 e. The normalized spacial score (nSPS) is 11.1. The molecule has 2 N–H and O–H groups in total. The molecule has 0 unspecified atom stereocenters. The first-order valence-corrected chi connectivity index (χ1v) is 4.79. The number of benzene rings is 1. The number of nitrogens with two attached hydrogens (primary N) is 1. The number of nitrogens with zero attached hydrogens (tertiary/aromatic N) is 1. The van der Waals surface area contributed by atoms with Gasteiger partial charge in [-0.2, -0.15) is 0 Å². The number of hydrogen-bond acceptors (Lipinski definition) is 3. The number of aryl methyl sites for hydroxylation is 2. The van der Waals surface area contributed by atoms with Gasteiger partial charge in [0.15, 0.2) is 11.4 Å². The largest absolute Gasteiger partial charge is 0.380 e. The van der Waals surface area contributed by atoms with Gasteiger partial charge in [-0.3, -0.25) is 0 Å². The number of hydrogen-bond donors (Lipinski definition) is 1. The van der Waals surface area contributed by atoms with Gasteiger partial charge in [0.05, 0.1) is 5.39 Å². The standard InChI is InChI=1S/C11H14N2O/c1-4-8-6(2)5-9-10(7(8)3)14-13-11(9)12/h5H,4H2,1-3H3,(H2,12,13). The van der Waals surface area contributed by atoms with E-state index in [1.807, 2.05) is 6.07 Å². The van der Waals surface area contributed by atoms with Gasteiger partial charge in [-0.05, 0) is 43.0 Å². The third kappa shape index (κ3) is 1.09. The lowest BCUT2D eigenvalue weighted by molar-refractivity contribution is 0.458. The first-order valence-electron chi connectivity index (χ1n) is 4.79. The van der Waals surface area contributed by atoms with Crippen molar-refractivity contribution in [3.8, 4) is 0 Å². The van der Waals surface area contributed by atoms with Gasteiger partial charge in [0.25, 0.3) is 0 Å². The highest BCUT2D eigenvalue weighted by atomic mass is 16.5. The van der Waals surface area contributed by atoms with E-state index in [4.69, 9.17) is 10.3 Å². The summed E-state index contributed by atoms with van der Waals surface area (Å²) in [6.07, 6.45) is 1.01. The van der Waals surface area contributed by atoms with E-state index < -0.39 is 0 Å². The Balaban J connectivity index is 2.87. The quantitative estimate of drug-likeness (QED) is 0.752. The minimum atomic E-state index is 0.480. The Morgan fingerprint density at radius 1 is 1.43 bits per heavy atom. The number of nitrogen functional groups attached to an aromatic ring is 1. The Morgan fingerprint density at radius 3 is 2.79 bits per heavy atom. The zero-order valence-electron chi connectivity index (χ0n) is 8.72. The molecule has 0 saturated heterocycles. The van der Waals surface area contributed by atoms with Gasteiger partial charge in [-0.1, -0.05) is 12.1 Å². The summed E-state index contributed by atoms with van der Waals surface area (Å²) in [6, 6.07) is 2.05. The van der Waals surface area contributed by atoms with Crippen molar-refractivity contribution in [3.63, 3.8) is 0 Å². The molecule has 3 heteroatoms. The van der Waals surface area contributed by atoms with Crippen LogP contribution in [0, 0.1) is 13.8 Å². The molecule has 0 amide bonds. The summed E-state index contributed by atoms with van der Waals surface area (Å²) < 4.78 is 5.20. The third-order valence-electron chi connectivity index (χ3n) is 2.74. The topological polar surface area (TPSA) is 52.0 Å². The SMILES string of the molecule is CCc1c(C)cc2c(N)noc2c1C. The smallest absolute Gasteiger partial charge is 0.174 e. The van der Waals surface area contributed by atoms with Crippen LogP contribution in [-0.2, 0) is 6.42 Å². The second-order valence-corrected chi connectivity index (χ2v) is 3.60. The van der Waals surface area contributed by atoms with Crippen LogP contribution in [0.2, 0.25) is 0 Å². The highest BCUT2D eigenvalue weighted by molar-refractivity contribution is 5.90. The summed E-state index contributed by atoms with van der Waals surface area (Å²) in [6.45, 7) is 6.29. The third-order valence-corrected chi connectivity index (χ3v) is 2.74. The lowest BCUT2D eigenvalue weighted by atomic mass is 9.98. The van der Waals surface area contributed by atoms with Gasteiger partial charge in [0, 0.05) is 0 Å². The molecule has 0 radical (unpaired) electrons. The van der Waals surface area contributed by atoms with Crippen molar-refractivity contribution >= 4 is 16.8 Å². The fourth-order valence-corrected chi connectivity index (χ4v) is 2.00. The molecule has 2 aromatic rings. The molecule has 0 atom stereocenters. The Morgan fingerprint density at radius 2 is 2.14 bits per heavy atom. The van der Waals surface area contributed by atoms with E-state index >= 15 is 0 Å². The first kappa shape index (κ1) is 9.06. The molecule has 14 heavy (non-hydrogen) atoms. The Kier molecular flexibility index (Phi) is 1.95. The molecular weight excluding hydrogens is 176 g/mol. The van der Waals surface area contributed by atoms with E-state index in [1.54, 1.807) is 0 Å². The zero-order chi connectivity index (χ0) is 10.3. The van der Waals surface area contributed by atoms with Gasteiger partial charge >= 0.3 is 0 Å². The molecule has 0 aliphatic heterocycles. The lowest BCUT2D eigenvalue weighted by Gasteiger charge is -2.06. The van der Waals surface area contributed by atoms with E-state index in [0.717, 1.165) is 23.0 Å². The summed E-state index contributed by atoms with van der Waals surface area (Å²) in [4.78, 5) is 0. The van der Waals surface area contributed by atoms with Crippen LogP contribution in [-0.4, -0.2) is 5.16 Å². The molecule has 0 aliphatic carbocycles. The van der Waals surface area contributed by atoms with Crippen molar-refractivity contribution in [3.05, 3.63) is 22.8 Å². The highest BCUT2D eigenvalue weighted by Crippen LogP contribution is 2.28. The summed E-state index contributed by atoms with van der Waals surface area (Å²) in [5.74, 6) is 0.480. The van der Waals surface area contributed by atoms with Crippen LogP contribution in [0.25, 0.3) is 11.0 Å². The minimum absolute atomic E-state index is 0.480. The molecular formula is C11H14N2O. The summed E-state index contributed by atoms with van der Waals surface area (Å²) >= 11 is 0. The predicted octanol–water partition coefficient (Wildman–Crippen LogP) is 2.59. The maximum Gasteiger partial charge on any atom is 0.174 e. The number of rotatable bonds is 1. The monoisotopic (exact) mass is 190 g/mol. The molecule has 1 heterocycles. The van der Waals surface area contributed by atoms with E-state index in [1.165, 1.54) is 11.1 Å². The Bertz CT molecular complexity index is 485. The van der Waals surface area contributed by atoms with Crippen LogP contribution in [0.4, 0.5) is 5.82 Å². The van der Waals surface area contributed by atoms with Crippen LogP contribution >= 0.6 is 0 Å². The van der Waals surface area contributed by atoms with E-state index in [9.17, 15) is 0 Å². The second-order valence-electron chi connectivity index (χ2n) is 3.60. The molecule has 1 aromatic heterocycles. The molecule has 2 rings (SSSR count). The van der Waals surface area contributed by atoms with Crippen LogP contribution in [0.3, 0.4) is 0 Å². The molecule has 1 aromatic carbocycles. The number of fused-ring (bicyclic) bond motifs is 1. The Hall–Kier alpha value is -1.51. The molecule has 0 fully saturated rings. The van der Waals surface area contributed by atoms with Crippen molar-refractivity contribution in [1.82, 2.24) is 5.16 Å². The van der Waals surface area contributed by atoms with Crippen molar-refractivity contribution in [2.45, 2.75) is 27.2 Å². The molecule has 0 bridgehead atoms. The molecule has 0 saturated carbocycles. The van der Waals surface area contributed by atoms with Crippen LogP contribution in [0.5, 0.6) is 0 Å². The van der Waals surface area contributed by atoms with Crippen molar-refractivity contribution in [2.75, 3.05) is 5.73 Å². The van der Waals surface area contributed by atoms with Crippen molar-refractivity contribution in [1.29, 1.82) is 0 Å². The van der Waals surface area contributed by atoms with E-state index in [-0.39, 0.29) is 0 Å². The summed E-state index contributed by atoms with van der Waals surface area (Å²) in [5, 5.41) is 4.70. The number of anilines is 1. The van der Waals surface area contributed by atoms with Gasteiger partial charge in [-0.15, -0.1) is 0 Å². The highest BCUT2D eigenvalue weighted by Gasteiger charge is 2.12. The van der Waals surface area contributed by atoms with Gasteiger partial charge < -0.3 is 10.3 Å².